The Hall–Kier alpha value is -2.77. The van der Waals surface area contributed by atoms with E-state index in [2.05, 4.69) is 43.8 Å². The van der Waals surface area contributed by atoms with E-state index in [-0.39, 0.29) is 24.2 Å². The minimum Gasteiger partial charge on any atom is -0.393 e. The lowest BCUT2D eigenvalue weighted by Crippen LogP contribution is -2.30. The molecule has 30 heavy (non-hydrogen) atoms. The summed E-state index contributed by atoms with van der Waals surface area (Å²) in [5, 5.41) is 11.0. The molecule has 1 aromatic carbocycles. The van der Waals surface area contributed by atoms with E-state index in [1.54, 1.807) is 12.4 Å². The fourth-order valence-corrected chi connectivity index (χ4v) is 4.89. The van der Waals surface area contributed by atoms with Crippen LogP contribution in [0.3, 0.4) is 0 Å². The van der Waals surface area contributed by atoms with Crippen molar-refractivity contribution in [3.8, 4) is 11.3 Å². The minimum atomic E-state index is -0.331. The van der Waals surface area contributed by atoms with Gasteiger partial charge in [-0.1, -0.05) is 24.3 Å². The number of nitrogen functional groups attached to an aromatic ring is 1. The maximum absolute atomic E-state index is 11.0. The molecule has 1 aliphatic heterocycles. The largest absolute Gasteiger partial charge is 0.393 e. The summed E-state index contributed by atoms with van der Waals surface area (Å²) in [6.07, 6.45) is 11.7. The number of aromatic nitrogens is 4. The van der Waals surface area contributed by atoms with Gasteiger partial charge in [-0.3, -0.25) is 0 Å². The summed E-state index contributed by atoms with van der Waals surface area (Å²) in [6, 6.07) is 8.61. The number of fused-ring (bicyclic) bond motifs is 3. The smallest absolute Gasteiger partial charge is 0.219 e. The number of nitrogens with zero attached hydrogens (tertiary/aromatic N) is 4. The Bertz CT molecular complexity index is 995. The number of hydrogen-bond donors (Lipinski definition) is 2. The molecule has 1 aliphatic carbocycles. The van der Waals surface area contributed by atoms with Crippen molar-refractivity contribution in [2.75, 3.05) is 5.73 Å². The molecule has 1 fully saturated rings. The third-order valence-electron chi connectivity index (χ3n) is 6.54. The van der Waals surface area contributed by atoms with Gasteiger partial charge < -0.3 is 20.1 Å². The highest BCUT2D eigenvalue weighted by Crippen LogP contribution is 2.42. The summed E-state index contributed by atoms with van der Waals surface area (Å²) in [6.45, 7) is 0.500. The molecule has 3 heterocycles. The third-order valence-corrected chi connectivity index (χ3v) is 6.54. The highest BCUT2D eigenvalue weighted by atomic mass is 16.5. The third kappa shape index (κ3) is 3.70. The van der Waals surface area contributed by atoms with Crippen LogP contribution in [0.5, 0.6) is 0 Å². The molecule has 7 heteroatoms. The molecule has 2 unspecified atom stereocenters. The number of imidazole rings is 1. The molecule has 3 aromatic rings. The summed E-state index contributed by atoms with van der Waals surface area (Å²) in [5.41, 5.74) is 10.1. The molecular formula is C23H27N5O2. The van der Waals surface area contributed by atoms with Crippen molar-refractivity contribution in [1.29, 1.82) is 0 Å². The standard InChI is InChI=1S/C23H27N5O2/c24-23-26-10-15(11-27-23)13-30-17-7-5-16(6-8-17)22(29)9-20-18-3-1-2-4-19(18)21-12-25-14-28(20)21/h1-4,10-12,14,16-17,20,22,29H,5-9,13H2,(H2,24,26,27). The van der Waals surface area contributed by atoms with E-state index in [1.165, 1.54) is 11.1 Å². The van der Waals surface area contributed by atoms with Crippen LogP contribution >= 0.6 is 0 Å². The number of hydrogen-bond acceptors (Lipinski definition) is 6. The van der Waals surface area contributed by atoms with E-state index in [0.717, 1.165) is 43.4 Å². The summed E-state index contributed by atoms with van der Waals surface area (Å²) in [4.78, 5) is 12.3. The van der Waals surface area contributed by atoms with Crippen LogP contribution in [0.25, 0.3) is 11.3 Å². The van der Waals surface area contributed by atoms with Crippen molar-refractivity contribution in [1.82, 2.24) is 19.5 Å². The van der Waals surface area contributed by atoms with E-state index >= 15 is 0 Å². The Morgan fingerprint density at radius 2 is 1.87 bits per heavy atom. The maximum Gasteiger partial charge on any atom is 0.219 e. The molecule has 2 atom stereocenters. The average Bonchev–Trinajstić information content (AvgIpc) is 3.36. The number of benzene rings is 1. The second kappa shape index (κ2) is 8.16. The van der Waals surface area contributed by atoms with Gasteiger partial charge in [0.25, 0.3) is 0 Å². The highest BCUT2D eigenvalue weighted by molar-refractivity contribution is 5.68. The Kier molecular flexibility index (Phi) is 5.23. The van der Waals surface area contributed by atoms with Gasteiger partial charge in [-0.05, 0) is 43.6 Å². The molecule has 0 spiro atoms. The van der Waals surface area contributed by atoms with E-state index in [0.29, 0.717) is 12.5 Å². The van der Waals surface area contributed by atoms with Gasteiger partial charge in [0.05, 0.1) is 43.1 Å². The molecule has 3 N–H and O–H groups in total. The number of nitrogens with two attached hydrogens (primary N) is 1. The molecule has 0 bridgehead atoms. The Morgan fingerprint density at radius 1 is 1.10 bits per heavy atom. The van der Waals surface area contributed by atoms with Gasteiger partial charge >= 0.3 is 0 Å². The molecule has 0 amide bonds. The second-order valence-corrected chi connectivity index (χ2v) is 8.39. The number of ether oxygens (including phenoxy) is 1. The first-order chi connectivity index (χ1) is 14.7. The Balaban J connectivity index is 1.16. The summed E-state index contributed by atoms with van der Waals surface area (Å²) in [5.74, 6) is 0.588. The van der Waals surface area contributed by atoms with Gasteiger partial charge in [-0.2, -0.15) is 0 Å². The van der Waals surface area contributed by atoms with Crippen LogP contribution in [0.15, 0.2) is 49.2 Å². The molecule has 1 saturated carbocycles. The minimum absolute atomic E-state index is 0.160. The Morgan fingerprint density at radius 3 is 2.67 bits per heavy atom. The molecule has 0 saturated heterocycles. The van der Waals surface area contributed by atoms with Gasteiger partial charge in [0.1, 0.15) is 0 Å². The van der Waals surface area contributed by atoms with Gasteiger partial charge in [0.2, 0.25) is 5.95 Å². The van der Waals surface area contributed by atoms with Crippen molar-refractivity contribution < 1.29 is 9.84 Å². The molecule has 2 aliphatic rings. The van der Waals surface area contributed by atoms with Gasteiger partial charge in [0.15, 0.2) is 0 Å². The molecule has 156 valence electrons. The van der Waals surface area contributed by atoms with Crippen LogP contribution in [0.2, 0.25) is 0 Å². The van der Waals surface area contributed by atoms with Crippen LogP contribution in [-0.2, 0) is 11.3 Å². The monoisotopic (exact) mass is 405 g/mol. The summed E-state index contributed by atoms with van der Waals surface area (Å²) >= 11 is 0. The number of rotatable bonds is 6. The lowest BCUT2D eigenvalue weighted by atomic mass is 9.81. The first-order valence-electron chi connectivity index (χ1n) is 10.7. The molecule has 5 rings (SSSR count). The fourth-order valence-electron chi connectivity index (χ4n) is 4.89. The number of aliphatic hydroxyl groups excluding tert-OH is 1. The predicted octanol–water partition coefficient (Wildman–Crippen LogP) is 3.35. The van der Waals surface area contributed by atoms with Gasteiger partial charge in [-0.15, -0.1) is 0 Å². The molecule has 0 radical (unpaired) electrons. The zero-order chi connectivity index (χ0) is 20.5. The zero-order valence-electron chi connectivity index (χ0n) is 16.9. The lowest BCUT2D eigenvalue weighted by Gasteiger charge is -2.32. The van der Waals surface area contributed by atoms with Gasteiger partial charge in [-0.25, -0.2) is 15.0 Å². The highest BCUT2D eigenvalue weighted by Gasteiger charge is 2.33. The lowest BCUT2D eigenvalue weighted by molar-refractivity contribution is -0.0161. The van der Waals surface area contributed by atoms with Crippen LogP contribution < -0.4 is 5.73 Å². The number of aliphatic hydroxyl groups is 1. The first kappa shape index (κ1) is 19.2. The van der Waals surface area contributed by atoms with Crippen molar-refractivity contribution in [3.63, 3.8) is 0 Å². The SMILES string of the molecule is Nc1ncc(COC2CCC(C(O)CC3c4ccccc4-c4cncn43)CC2)cn1. The van der Waals surface area contributed by atoms with Crippen molar-refractivity contribution in [3.05, 3.63) is 60.3 Å². The van der Waals surface area contributed by atoms with Crippen LogP contribution in [0, 0.1) is 5.92 Å². The van der Waals surface area contributed by atoms with E-state index in [4.69, 9.17) is 10.5 Å². The fraction of sp³-hybridized carbons (Fsp3) is 0.435. The topological polar surface area (TPSA) is 99.1 Å². The van der Waals surface area contributed by atoms with Crippen LogP contribution in [0.1, 0.15) is 49.3 Å². The second-order valence-electron chi connectivity index (χ2n) is 8.39. The first-order valence-corrected chi connectivity index (χ1v) is 10.7. The molecule has 7 nitrogen and oxygen atoms in total. The maximum atomic E-state index is 11.0. The average molecular weight is 406 g/mol. The van der Waals surface area contributed by atoms with E-state index in [1.807, 2.05) is 12.5 Å². The quantitative estimate of drug-likeness (QED) is 0.652. The summed E-state index contributed by atoms with van der Waals surface area (Å²) < 4.78 is 8.24. The van der Waals surface area contributed by atoms with Crippen molar-refractivity contribution >= 4 is 5.95 Å². The molecule has 2 aromatic heterocycles. The van der Waals surface area contributed by atoms with Crippen LogP contribution in [0.4, 0.5) is 5.95 Å². The van der Waals surface area contributed by atoms with Gasteiger partial charge in [0, 0.05) is 23.5 Å². The zero-order valence-corrected chi connectivity index (χ0v) is 16.9. The molecular weight excluding hydrogens is 378 g/mol. The van der Waals surface area contributed by atoms with E-state index < -0.39 is 0 Å². The summed E-state index contributed by atoms with van der Waals surface area (Å²) in [7, 11) is 0. The normalized spacial score (nSPS) is 23.7. The Labute approximate surface area is 176 Å². The van der Waals surface area contributed by atoms with E-state index in [9.17, 15) is 5.11 Å². The van der Waals surface area contributed by atoms with Crippen molar-refractivity contribution in [2.45, 2.75) is 57.0 Å². The number of anilines is 1. The van der Waals surface area contributed by atoms with Crippen molar-refractivity contribution in [2.24, 2.45) is 5.92 Å². The van der Waals surface area contributed by atoms with Crippen LogP contribution in [-0.4, -0.2) is 36.8 Å². The predicted molar refractivity (Wildman–Crippen MR) is 113 cm³/mol.